The third kappa shape index (κ3) is 4.58. The van der Waals surface area contributed by atoms with Crippen molar-refractivity contribution in [2.24, 2.45) is 12.0 Å². The lowest BCUT2D eigenvalue weighted by molar-refractivity contribution is 0.123. The normalized spacial score (nSPS) is 16.6. The van der Waals surface area contributed by atoms with E-state index in [0.29, 0.717) is 6.54 Å². The van der Waals surface area contributed by atoms with Crippen molar-refractivity contribution in [3.63, 3.8) is 0 Å². The van der Waals surface area contributed by atoms with Gasteiger partial charge in [-0.2, -0.15) is 0 Å². The average molecular weight is 464 g/mol. The lowest BCUT2D eigenvalue weighted by Crippen LogP contribution is -2.48. The molecule has 9 heteroatoms. The molecule has 1 fully saturated rings. The van der Waals surface area contributed by atoms with E-state index in [-0.39, 0.29) is 0 Å². The van der Waals surface area contributed by atoms with Gasteiger partial charge >= 0.3 is 0 Å². The number of nitrogens with zero attached hydrogens (tertiary/aromatic N) is 6. The molecule has 0 atom stereocenters. The van der Waals surface area contributed by atoms with Crippen LogP contribution in [0.1, 0.15) is 23.4 Å². The second kappa shape index (κ2) is 9.99. The highest BCUT2D eigenvalue weighted by Gasteiger charge is 2.24. The molecule has 1 aromatic carbocycles. The zero-order valence-electron chi connectivity index (χ0n) is 20.3. The van der Waals surface area contributed by atoms with Crippen molar-refractivity contribution in [1.29, 1.82) is 0 Å². The summed E-state index contributed by atoms with van der Waals surface area (Å²) >= 11 is 0. The maximum Gasteiger partial charge on any atom is 0.164 e. The molecule has 34 heavy (non-hydrogen) atoms. The zero-order chi connectivity index (χ0) is 23.5. The Morgan fingerprint density at radius 2 is 1.97 bits per heavy atom. The Balaban J connectivity index is 1.51. The van der Waals surface area contributed by atoms with Gasteiger partial charge < -0.3 is 18.9 Å². The van der Waals surface area contributed by atoms with Crippen LogP contribution in [-0.2, 0) is 22.9 Å². The number of nitrogens with one attached hydrogen (secondary N) is 1. The molecule has 180 valence electrons. The number of aryl methyl sites for hydroxylation is 3. The van der Waals surface area contributed by atoms with Crippen molar-refractivity contribution in [1.82, 2.24) is 20.0 Å². The van der Waals surface area contributed by atoms with Crippen LogP contribution >= 0.6 is 0 Å². The number of pyridine rings is 1. The zero-order valence-corrected chi connectivity index (χ0v) is 20.3. The number of aliphatic imine (C=N–C) groups is 1. The molecule has 1 saturated heterocycles. The predicted octanol–water partition coefficient (Wildman–Crippen LogP) is 2.46. The molecule has 3 aromatic rings. The van der Waals surface area contributed by atoms with Crippen LogP contribution in [0.15, 0.2) is 35.3 Å². The predicted molar refractivity (Wildman–Crippen MR) is 135 cm³/mol. The topological polar surface area (TPSA) is 80.0 Å². The Morgan fingerprint density at radius 1 is 1.12 bits per heavy atom. The Labute approximate surface area is 200 Å². The number of aromatic nitrogens is 3. The first-order valence-corrected chi connectivity index (χ1v) is 12.0. The molecule has 0 amide bonds. The molecule has 5 rings (SSSR count). The van der Waals surface area contributed by atoms with Gasteiger partial charge in [0.15, 0.2) is 11.5 Å². The summed E-state index contributed by atoms with van der Waals surface area (Å²) in [6, 6.07) is 10.6. The molecule has 2 aliphatic heterocycles. The van der Waals surface area contributed by atoms with E-state index < -0.39 is 0 Å². The highest BCUT2D eigenvalue weighted by molar-refractivity contribution is 6.00. The lowest BCUT2D eigenvalue weighted by Gasteiger charge is -2.32. The van der Waals surface area contributed by atoms with E-state index in [0.717, 1.165) is 92.2 Å². The fourth-order valence-corrected chi connectivity index (χ4v) is 4.55. The number of rotatable bonds is 7. The summed E-state index contributed by atoms with van der Waals surface area (Å²) in [5.41, 5.74) is 8.76. The summed E-state index contributed by atoms with van der Waals surface area (Å²) < 4.78 is 13.0. The van der Waals surface area contributed by atoms with E-state index in [9.17, 15) is 0 Å². The summed E-state index contributed by atoms with van der Waals surface area (Å²) in [4.78, 5) is 17.2. The quantitative estimate of drug-likeness (QED) is 0.539. The molecule has 4 heterocycles. The second-order valence-electron chi connectivity index (χ2n) is 8.82. The van der Waals surface area contributed by atoms with E-state index in [1.54, 1.807) is 7.11 Å². The van der Waals surface area contributed by atoms with Crippen LogP contribution in [-0.4, -0.2) is 73.5 Å². The minimum Gasteiger partial charge on any atom is -0.385 e. The number of hydrogen-bond acceptors (Lipinski definition) is 8. The number of imidazole rings is 1. The number of amidine groups is 1. The van der Waals surface area contributed by atoms with E-state index in [2.05, 4.69) is 64.2 Å². The first kappa shape index (κ1) is 22.6. The van der Waals surface area contributed by atoms with Crippen molar-refractivity contribution < 1.29 is 9.47 Å². The number of benzene rings is 1. The summed E-state index contributed by atoms with van der Waals surface area (Å²) in [5, 5.41) is 2.10. The number of ether oxygens (including phenoxy) is 2. The molecule has 0 bridgehead atoms. The maximum atomic E-state index is 5.61. The van der Waals surface area contributed by atoms with Crippen molar-refractivity contribution in [3.8, 4) is 0 Å². The summed E-state index contributed by atoms with van der Waals surface area (Å²) in [6.45, 7) is 7.40. The highest BCUT2D eigenvalue weighted by Crippen LogP contribution is 2.31. The first-order valence-electron chi connectivity index (χ1n) is 12.0. The van der Waals surface area contributed by atoms with Gasteiger partial charge in [-0.25, -0.2) is 9.97 Å². The number of hydrogen-bond donors (Lipinski definition) is 1. The van der Waals surface area contributed by atoms with E-state index in [1.807, 2.05) is 0 Å². The molecule has 0 unspecified atom stereocenters. The van der Waals surface area contributed by atoms with Gasteiger partial charge in [0.2, 0.25) is 0 Å². The van der Waals surface area contributed by atoms with Crippen LogP contribution in [0.5, 0.6) is 0 Å². The largest absolute Gasteiger partial charge is 0.385 e. The van der Waals surface area contributed by atoms with Gasteiger partial charge in [0.05, 0.1) is 32.0 Å². The summed E-state index contributed by atoms with van der Waals surface area (Å²) in [5.74, 6) is 2.77. The van der Waals surface area contributed by atoms with Crippen LogP contribution < -0.4 is 15.3 Å². The second-order valence-corrected chi connectivity index (χ2v) is 8.82. The monoisotopic (exact) mass is 463 g/mol. The van der Waals surface area contributed by atoms with Gasteiger partial charge in [-0.3, -0.25) is 15.4 Å². The number of hydrazine groups is 1. The van der Waals surface area contributed by atoms with Crippen molar-refractivity contribution in [2.45, 2.75) is 19.8 Å². The SMILES string of the molecule is COCCCc1nc2c(N3CCOCC3)cc(N3CCN=C(c4cccc(C)c4)N3)nc2n1C. The smallest absolute Gasteiger partial charge is 0.164 e. The highest BCUT2D eigenvalue weighted by atomic mass is 16.5. The van der Waals surface area contributed by atoms with Gasteiger partial charge in [-0.05, 0) is 19.4 Å². The van der Waals surface area contributed by atoms with E-state index >= 15 is 0 Å². The molecule has 2 aliphatic rings. The van der Waals surface area contributed by atoms with Crippen LogP contribution in [0, 0.1) is 6.92 Å². The maximum absolute atomic E-state index is 5.61. The van der Waals surface area contributed by atoms with E-state index in [1.165, 1.54) is 5.56 Å². The molecule has 9 nitrogen and oxygen atoms in total. The van der Waals surface area contributed by atoms with E-state index in [4.69, 9.17) is 24.4 Å². The molecule has 0 spiro atoms. The van der Waals surface area contributed by atoms with Crippen LogP contribution in [0.2, 0.25) is 0 Å². The molecule has 0 saturated carbocycles. The van der Waals surface area contributed by atoms with Crippen LogP contribution in [0.3, 0.4) is 0 Å². The molecule has 0 aliphatic carbocycles. The minimum atomic E-state index is 0.705. The standard InChI is InChI=1S/C25H33N7O2/c1-18-6-4-7-19(16-18)24-26-9-10-32(29-24)22-17-20(31-11-14-34-15-12-31)23-25(28-22)30(2)21(27-23)8-5-13-33-3/h4,6-7,16-17H,5,8-15H2,1-3H3,(H,26,29). The Hall–Kier alpha value is -3.17. The third-order valence-corrected chi connectivity index (χ3v) is 6.39. The fraction of sp³-hybridized carbons (Fsp3) is 0.480. The van der Waals surface area contributed by atoms with Crippen molar-refractivity contribution >= 4 is 28.5 Å². The molecule has 1 N–H and O–H groups in total. The number of fused-ring (bicyclic) bond motifs is 1. The van der Waals surface area contributed by atoms with Crippen LogP contribution in [0.25, 0.3) is 11.2 Å². The van der Waals surface area contributed by atoms with Gasteiger partial charge in [0.1, 0.15) is 17.2 Å². The van der Waals surface area contributed by atoms with Gasteiger partial charge in [0.25, 0.3) is 0 Å². The number of methoxy groups -OCH3 is 1. The Morgan fingerprint density at radius 3 is 2.76 bits per heavy atom. The van der Waals surface area contributed by atoms with Crippen molar-refractivity contribution in [2.75, 3.05) is 63.0 Å². The Bertz CT molecular complexity index is 1180. The first-order chi connectivity index (χ1) is 16.6. The Kier molecular flexibility index (Phi) is 6.64. The van der Waals surface area contributed by atoms with Gasteiger partial charge in [0, 0.05) is 51.9 Å². The molecule has 0 radical (unpaired) electrons. The molecular formula is C25H33N7O2. The molecular weight excluding hydrogens is 430 g/mol. The lowest BCUT2D eigenvalue weighted by atomic mass is 10.1. The average Bonchev–Trinajstić information content (AvgIpc) is 3.19. The minimum absolute atomic E-state index is 0.705. The van der Waals surface area contributed by atoms with Gasteiger partial charge in [-0.15, -0.1) is 0 Å². The van der Waals surface area contributed by atoms with Gasteiger partial charge in [-0.1, -0.05) is 23.8 Å². The van der Waals surface area contributed by atoms with Crippen LogP contribution in [0.4, 0.5) is 11.5 Å². The number of anilines is 2. The molecule has 2 aromatic heterocycles. The third-order valence-electron chi connectivity index (χ3n) is 6.39. The summed E-state index contributed by atoms with van der Waals surface area (Å²) in [7, 11) is 3.79. The number of morpholine rings is 1. The summed E-state index contributed by atoms with van der Waals surface area (Å²) in [6.07, 6.45) is 1.78. The van der Waals surface area contributed by atoms with Crippen molar-refractivity contribution in [3.05, 3.63) is 47.3 Å². The fourth-order valence-electron chi connectivity index (χ4n) is 4.55.